The third-order valence-corrected chi connectivity index (χ3v) is 4.80. The first-order chi connectivity index (χ1) is 12.8. The van der Waals surface area contributed by atoms with Crippen LogP contribution in [0.25, 0.3) is 0 Å². The molecule has 0 radical (unpaired) electrons. The van der Waals surface area contributed by atoms with Crippen LogP contribution in [0.4, 0.5) is 5.69 Å². The second-order valence-electron chi connectivity index (χ2n) is 7.91. The maximum atomic E-state index is 12.2. The molecule has 140 valence electrons. The number of nitrogens with one attached hydrogen (secondary N) is 1. The Balaban J connectivity index is 1.56. The van der Waals surface area contributed by atoms with E-state index in [0.717, 1.165) is 6.42 Å². The van der Waals surface area contributed by atoms with Gasteiger partial charge >= 0.3 is 0 Å². The number of nitro benzene ring substituents is 1. The zero-order valence-corrected chi connectivity index (χ0v) is 15.7. The molecule has 1 aliphatic carbocycles. The molecule has 2 atom stereocenters. The van der Waals surface area contributed by atoms with Gasteiger partial charge in [-0.15, -0.1) is 0 Å². The van der Waals surface area contributed by atoms with E-state index in [9.17, 15) is 14.9 Å². The number of hydrazone groups is 1. The maximum Gasteiger partial charge on any atom is 0.270 e. The summed E-state index contributed by atoms with van der Waals surface area (Å²) in [5.74, 6) is 0.0290. The van der Waals surface area contributed by atoms with Crippen LogP contribution in [-0.2, 0) is 10.2 Å². The molecule has 27 heavy (non-hydrogen) atoms. The molecule has 0 unspecified atom stereocenters. The Kier molecular flexibility index (Phi) is 5.08. The van der Waals surface area contributed by atoms with Gasteiger partial charge in [-0.1, -0.05) is 57.2 Å². The summed E-state index contributed by atoms with van der Waals surface area (Å²) in [6, 6.07) is 14.6. The van der Waals surface area contributed by atoms with Crippen molar-refractivity contribution in [3.63, 3.8) is 0 Å². The van der Waals surface area contributed by atoms with Crippen LogP contribution in [0.1, 0.15) is 49.8 Å². The molecular weight excluding hydrogens is 342 g/mol. The zero-order chi connectivity index (χ0) is 19.6. The zero-order valence-electron chi connectivity index (χ0n) is 15.7. The molecular formula is C21H23N3O3. The lowest BCUT2D eigenvalue weighted by Crippen LogP contribution is -2.20. The van der Waals surface area contributed by atoms with Crippen molar-refractivity contribution in [1.29, 1.82) is 0 Å². The number of carbonyl (C=O) groups is 1. The molecule has 0 heterocycles. The van der Waals surface area contributed by atoms with Gasteiger partial charge < -0.3 is 0 Å². The van der Waals surface area contributed by atoms with Gasteiger partial charge in [0.2, 0.25) is 5.91 Å². The minimum Gasteiger partial charge on any atom is -0.273 e. The van der Waals surface area contributed by atoms with Crippen molar-refractivity contribution >= 4 is 17.8 Å². The molecule has 1 aliphatic rings. The van der Waals surface area contributed by atoms with E-state index in [1.165, 1.54) is 29.5 Å². The van der Waals surface area contributed by atoms with E-state index in [-0.39, 0.29) is 28.8 Å². The highest BCUT2D eigenvalue weighted by Gasteiger charge is 2.43. The molecule has 6 heteroatoms. The summed E-state index contributed by atoms with van der Waals surface area (Å²) in [6.45, 7) is 6.53. The van der Waals surface area contributed by atoms with Crippen molar-refractivity contribution in [1.82, 2.24) is 5.43 Å². The van der Waals surface area contributed by atoms with Gasteiger partial charge in [-0.05, 0) is 28.9 Å². The number of amides is 1. The number of carbonyl (C=O) groups excluding carboxylic acids is 1. The van der Waals surface area contributed by atoms with Gasteiger partial charge in [-0.3, -0.25) is 14.9 Å². The molecule has 0 spiro atoms. The van der Waals surface area contributed by atoms with Crippen LogP contribution in [0.2, 0.25) is 0 Å². The topological polar surface area (TPSA) is 84.6 Å². The highest BCUT2D eigenvalue weighted by Crippen LogP contribution is 2.47. The summed E-state index contributed by atoms with van der Waals surface area (Å²) in [6.07, 6.45) is 2.23. The van der Waals surface area contributed by atoms with E-state index < -0.39 is 4.92 Å². The van der Waals surface area contributed by atoms with Crippen molar-refractivity contribution in [3.8, 4) is 0 Å². The first-order valence-corrected chi connectivity index (χ1v) is 8.93. The minimum atomic E-state index is -0.463. The Labute approximate surface area is 158 Å². The van der Waals surface area contributed by atoms with E-state index in [1.807, 2.05) is 0 Å². The standard InChI is InChI=1S/C21H23N3O3/c1-21(2,3)16-9-7-15(8-10-16)18-12-19(18)20(25)23-22-13-14-5-4-6-17(11-14)24(26)27/h4-11,13,18-19H,12H2,1-3H3,(H,23,25)/b22-13-/t18-,19-/m0/s1. The molecule has 0 bridgehead atoms. The Morgan fingerprint density at radius 2 is 1.93 bits per heavy atom. The van der Waals surface area contributed by atoms with Gasteiger partial charge in [-0.25, -0.2) is 5.43 Å². The average molecular weight is 365 g/mol. The summed E-state index contributed by atoms with van der Waals surface area (Å²) < 4.78 is 0. The first-order valence-electron chi connectivity index (χ1n) is 8.93. The molecule has 3 rings (SSSR count). The number of rotatable bonds is 5. The monoisotopic (exact) mass is 365 g/mol. The van der Waals surface area contributed by atoms with Crippen LogP contribution in [0.15, 0.2) is 53.6 Å². The smallest absolute Gasteiger partial charge is 0.270 e. The van der Waals surface area contributed by atoms with Gasteiger partial charge in [0.1, 0.15) is 0 Å². The lowest BCUT2D eigenvalue weighted by atomic mass is 9.86. The van der Waals surface area contributed by atoms with Crippen LogP contribution in [0.3, 0.4) is 0 Å². The molecule has 0 aromatic heterocycles. The quantitative estimate of drug-likeness (QED) is 0.491. The fourth-order valence-electron chi connectivity index (χ4n) is 3.06. The lowest BCUT2D eigenvalue weighted by Gasteiger charge is -2.19. The molecule has 1 saturated carbocycles. The summed E-state index contributed by atoms with van der Waals surface area (Å²) in [7, 11) is 0. The molecule has 1 N–H and O–H groups in total. The summed E-state index contributed by atoms with van der Waals surface area (Å²) >= 11 is 0. The van der Waals surface area contributed by atoms with Crippen LogP contribution < -0.4 is 5.43 Å². The Morgan fingerprint density at radius 3 is 2.56 bits per heavy atom. The van der Waals surface area contributed by atoms with Gasteiger partial charge in [0, 0.05) is 23.6 Å². The van der Waals surface area contributed by atoms with Crippen molar-refractivity contribution < 1.29 is 9.72 Å². The molecule has 2 aromatic carbocycles. The van der Waals surface area contributed by atoms with E-state index in [1.54, 1.807) is 12.1 Å². The Bertz CT molecular complexity index is 882. The van der Waals surface area contributed by atoms with Crippen LogP contribution >= 0.6 is 0 Å². The van der Waals surface area contributed by atoms with E-state index in [2.05, 4.69) is 55.6 Å². The summed E-state index contributed by atoms with van der Waals surface area (Å²) in [5, 5.41) is 14.7. The summed E-state index contributed by atoms with van der Waals surface area (Å²) in [4.78, 5) is 22.6. The van der Waals surface area contributed by atoms with E-state index in [0.29, 0.717) is 5.56 Å². The molecule has 1 amide bonds. The average Bonchev–Trinajstić information content (AvgIpc) is 3.42. The molecule has 2 aromatic rings. The number of non-ortho nitro benzene ring substituents is 1. The number of hydrogen-bond acceptors (Lipinski definition) is 4. The lowest BCUT2D eigenvalue weighted by molar-refractivity contribution is -0.384. The predicted octanol–water partition coefficient (Wildman–Crippen LogP) is 4.15. The van der Waals surface area contributed by atoms with Gasteiger partial charge in [0.25, 0.3) is 5.69 Å². The van der Waals surface area contributed by atoms with E-state index in [4.69, 9.17) is 0 Å². The highest BCUT2D eigenvalue weighted by atomic mass is 16.6. The minimum absolute atomic E-state index is 0.00811. The van der Waals surface area contributed by atoms with E-state index >= 15 is 0 Å². The van der Waals surface area contributed by atoms with Crippen LogP contribution in [0.5, 0.6) is 0 Å². The highest BCUT2D eigenvalue weighted by molar-refractivity contribution is 5.85. The molecule has 1 fully saturated rings. The van der Waals surface area contributed by atoms with Gasteiger partial charge in [-0.2, -0.15) is 5.10 Å². The first kappa shape index (κ1) is 18.8. The fraction of sp³-hybridized carbons (Fsp3) is 0.333. The SMILES string of the molecule is CC(C)(C)c1ccc([C@@H]2C[C@@H]2C(=O)N/N=C\c2cccc([N+](=O)[O-])c2)cc1. The van der Waals surface area contributed by atoms with Crippen molar-refractivity contribution in [2.24, 2.45) is 11.0 Å². The second-order valence-corrected chi connectivity index (χ2v) is 7.91. The number of benzene rings is 2. The number of hydrogen-bond donors (Lipinski definition) is 1. The van der Waals surface area contributed by atoms with Gasteiger partial charge in [0.05, 0.1) is 11.1 Å². The van der Waals surface area contributed by atoms with Crippen molar-refractivity contribution in [2.75, 3.05) is 0 Å². The third-order valence-electron chi connectivity index (χ3n) is 4.80. The Morgan fingerprint density at radius 1 is 1.22 bits per heavy atom. The molecule has 0 saturated heterocycles. The third kappa shape index (κ3) is 4.58. The molecule has 0 aliphatic heterocycles. The normalized spacial score (nSPS) is 19.1. The maximum absolute atomic E-state index is 12.2. The van der Waals surface area contributed by atoms with Crippen molar-refractivity contribution in [3.05, 3.63) is 75.3 Å². The predicted molar refractivity (Wildman–Crippen MR) is 105 cm³/mol. The van der Waals surface area contributed by atoms with Crippen molar-refractivity contribution in [2.45, 2.75) is 38.5 Å². The Hall–Kier alpha value is -3.02. The second kappa shape index (κ2) is 7.31. The van der Waals surface area contributed by atoms with Crippen LogP contribution in [0, 0.1) is 16.0 Å². The van der Waals surface area contributed by atoms with Crippen LogP contribution in [-0.4, -0.2) is 17.0 Å². The number of nitrogens with zero attached hydrogens (tertiary/aromatic N) is 2. The largest absolute Gasteiger partial charge is 0.273 e. The van der Waals surface area contributed by atoms with Gasteiger partial charge in [0.15, 0.2) is 0 Å². The summed E-state index contributed by atoms with van der Waals surface area (Å²) in [5.41, 5.74) is 5.65. The fourth-order valence-corrected chi connectivity index (χ4v) is 3.06. The number of nitro groups is 1. The molecule has 6 nitrogen and oxygen atoms in total.